The number of aliphatic carboxylic acids is 1. The van der Waals surface area contributed by atoms with Gasteiger partial charge in [0.1, 0.15) is 0 Å². The van der Waals surface area contributed by atoms with Crippen LogP contribution in [0.3, 0.4) is 0 Å². The molecule has 0 aliphatic heterocycles. The molecule has 0 saturated carbocycles. The molecular weight excluding hydrogens is 186 g/mol. The summed E-state index contributed by atoms with van der Waals surface area (Å²) in [5.74, 6) is 3.86. The largest absolute Gasteiger partial charge is 0.480 e. The van der Waals surface area contributed by atoms with Gasteiger partial charge in [0.15, 0.2) is 6.04 Å². The van der Waals surface area contributed by atoms with E-state index < -0.39 is 12.0 Å². The highest BCUT2D eigenvalue weighted by Crippen LogP contribution is 2.04. The number of carboxylic acid groups (broad SMARTS) is 1. The van der Waals surface area contributed by atoms with E-state index in [4.69, 9.17) is 22.4 Å². The molecular formula is C7H17N5O2. The molecule has 0 aromatic carbocycles. The molecule has 0 spiro atoms. The molecule has 0 fully saturated rings. The number of carboxylic acids is 1. The van der Waals surface area contributed by atoms with Crippen LogP contribution in [-0.4, -0.2) is 29.6 Å². The molecule has 0 unspecified atom stereocenters. The van der Waals surface area contributed by atoms with Crippen LogP contribution in [-0.2, 0) is 4.79 Å². The fraction of sp³-hybridized carbons (Fsp3) is 0.714. The molecule has 7 heteroatoms. The Kier molecular flexibility index (Phi) is 6.42. The quantitative estimate of drug-likeness (QED) is 0.115. The second-order valence-electron chi connectivity index (χ2n) is 2.80. The number of unbranched alkanes of at least 4 members (excludes halogenated alkanes) is 1. The average Bonchev–Trinajstić information content (AvgIpc) is 2.16. The van der Waals surface area contributed by atoms with Crippen LogP contribution in [0.1, 0.15) is 19.3 Å². The lowest BCUT2D eigenvalue weighted by Gasteiger charge is -2.08. The molecule has 0 saturated heterocycles. The van der Waals surface area contributed by atoms with Crippen molar-refractivity contribution in [3.8, 4) is 0 Å². The summed E-state index contributed by atoms with van der Waals surface area (Å²) in [5, 5.41) is 8.75. The normalized spacial score (nSPS) is 13.7. The van der Waals surface area contributed by atoms with Crippen molar-refractivity contribution in [1.29, 1.82) is 0 Å². The summed E-state index contributed by atoms with van der Waals surface area (Å²) < 4.78 is 0. The molecule has 14 heavy (non-hydrogen) atoms. The Balaban J connectivity index is 4.09. The third kappa shape index (κ3) is 5.33. The van der Waals surface area contributed by atoms with Gasteiger partial charge in [0, 0.05) is 0 Å². The number of carbonyl (C=O) groups is 1. The minimum Gasteiger partial charge on any atom is -0.480 e. The maximum absolute atomic E-state index is 10.7. The minimum absolute atomic E-state index is 0.0786. The number of hydrogen-bond acceptors (Lipinski definition) is 4. The van der Waals surface area contributed by atoms with Crippen molar-refractivity contribution in [3.63, 3.8) is 0 Å². The molecule has 0 aliphatic carbocycles. The first-order chi connectivity index (χ1) is 6.61. The fourth-order valence-electron chi connectivity index (χ4n) is 0.930. The van der Waals surface area contributed by atoms with Crippen molar-refractivity contribution in [3.05, 3.63) is 0 Å². The summed E-state index contributed by atoms with van der Waals surface area (Å²) in [6, 6.07) is -0.849. The highest BCUT2D eigenvalue weighted by atomic mass is 16.4. The lowest BCUT2D eigenvalue weighted by molar-refractivity contribution is -0.138. The number of nitrogens with two attached hydrogens (primary N) is 3. The topological polar surface area (TPSA) is 140 Å². The lowest BCUT2D eigenvalue weighted by Crippen LogP contribution is -2.39. The Bertz CT molecular complexity index is 206. The summed E-state index contributed by atoms with van der Waals surface area (Å²) in [6.45, 7) is 0.542. The highest BCUT2D eigenvalue weighted by Gasteiger charge is 2.15. The first-order valence-corrected chi connectivity index (χ1v) is 4.34. The lowest BCUT2D eigenvalue weighted by atomic mass is 10.1. The van der Waals surface area contributed by atoms with E-state index in [1.165, 1.54) is 0 Å². The molecule has 7 nitrogen and oxygen atoms in total. The Morgan fingerprint density at radius 3 is 2.57 bits per heavy atom. The predicted molar refractivity (Wildman–Crippen MR) is 53.3 cm³/mol. The minimum atomic E-state index is -1.01. The van der Waals surface area contributed by atoms with E-state index in [1.807, 2.05) is 0 Å². The standard InChI is InChI=1S/C7H17N5O2/c8-4-2-1-3-5(6(13)14)11-7(9)12-10/h5H,1-4,8,10H2,(H,13,14)(H3,9,11,12)/t5-/m1/s1. The second kappa shape index (κ2) is 7.10. The van der Waals surface area contributed by atoms with Crippen LogP contribution in [0.4, 0.5) is 0 Å². The molecule has 0 aromatic rings. The van der Waals surface area contributed by atoms with Crippen molar-refractivity contribution in [1.82, 2.24) is 5.43 Å². The van der Waals surface area contributed by atoms with E-state index in [-0.39, 0.29) is 5.96 Å². The van der Waals surface area contributed by atoms with Crippen LogP contribution in [0.25, 0.3) is 0 Å². The third-order valence-corrected chi connectivity index (χ3v) is 1.66. The average molecular weight is 203 g/mol. The Morgan fingerprint density at radius 2 is 2.14 bits per heavy atom. The zero-order chi connectivity index (χ0) is 11.0. The van der Waals surface area contributed by atoms with Crippen molar-refractivity contribution in [2.45, 2.75) is 25.3 Å². The monoisotopic (exact) mass is 203 g/mol. The Hall–Kier alpha value is -1.34. The van der Waals surface area contributed by atoms with Gasteiger partial charge in [-0.25, -0.2) is 15.6 Å². The number of hydrazine groups is 1. The summed E-state index contributed by atoms with van der Waals surface area (Å²) in [4.78, 5) is 14.4. The Morgan fingerprint density at radius 1 is 1.50 bits per heavy atom. The molecule has 82 valence electrons. The number of nitrogens with one attached hydrogen (secondary N) is 1. The van der Waals surface area contributed by atoms with Gasteiger partial charge in [0.25, 0.3) is 0 Å². The van der Waals surface area contributed by atoms with E-state index in [1.54, 1.807) is 0 Å². The molecule has 0 heterocycles. The van der Waals surface area contributed by atoms with Gasteiger partial charge < -0.3 is 16.6 Å². The molecule has 0 rings (SSSR count). The zero-order valence-electron chi connectivity index (χ0n) is 7.94. The van der Waals surface area contributed by atoms with Crippen LogP contribution in [0.5, 0.6) is 0 Å². The smallest absolute Gasteiger partial charge is 0.328 e. The second-order valence-corrected chi connectivity index (χ2v) is 2.80. The number of rotatable bonds is 6. The van der Waals surface area contributed by atoms with Gasteiger partial charge in [0.05, 0.1) is 0 Å². The number of nitrogens with zero attached hydrogens (tertiary/aromatic N) is 1. The highest BCUT2D eigenvalue weighted by molar-refractivity contribution is 5.82. The molecule has 0 radical (unpaired) electrons. The number of guanidine groups is 1. The van der Waals surface area contributed by atoms with Crippen LogP contribution in [0.15, 0.2) is 4.99 Å². The third-order valence-electron chi connectivity index (χ3n) is 1.66. The van der Waals surface area contributed by atoms with Crippen LogP contribution in [0, 0.1) is 0 Å². The maximum atomic E-state index is 10.7. The first-order valence-electron chi connectivity index (χ1n) is 4.34. The Labute approximate surface area is 82.3 Å². The van der Waals surface area contributed by atoms with Gasteiger partial charge in [-0.15, -0.1) is 0 Å². The van der Waals surface area contributed by atoms with Crippen molar-refractivity contribution >= 4 is 11.9 Å². The summed E-state index contributed by atoms with van der Waals surface area (Å²) in [7, 11) is 0. The fourth-order valence-corrected chi connectivity index (χ4v) is 0.930. The van der Waals surface area contributed by atoms with Gasteiger partial charge in [-0.2, -0.15) is 0 Å². The number of aliphatic imine (C=N–C) groups is 1. The van der Waals surface area contributed by atoms with Gasteiger partial charge in [-0.1, -0.05) is 0 Å². The van der Waals surface area contributed by atoms with E-state index in [9.17, 15) is 4.79 Å². The molecule has 0 bridgehead atoms. The zero-order valence-corrected chi connectivity index (χ0v) is 7.94. The van der Waals surface area contributed by atoms with E-state index in [0.29, 0.717) is 19.4 Å². The van der Waals surface area contributed by atoms with Crippen LogP contribution >= 0.6 is 0 Å². The SMILES string of the molecule is NCCCC[C@@H](N=C(N)NN)C(=O)O. The maximum Gasteiger partial charge on any atom is 0.328 e. The van der Waals surface area contributed by atoms with E-state index >= 15 is 0 Å². The van der Waals surface area contributed by atoms with Gasteiger partial charge in [0.2, 0.25) is 5.96 Å². The first kappa shape index (κ1) is 12.7. The molecule has 0 amide bonds. The van der Waals surface area contributed by atoms with E-state index in [2.05, 4.69) is 10.4 Å². The molecule has 1 atom stereocenters. The van der Waals surface area contributed by atoms with Crippen molar-refractivity contribution < 1.29 is 9.90 Å². The molecule has 8 N–H and O–H groups in total. The summed E-state index contributed by atoms with van der Waals surface area (Å²) in [5.41, 5.74) is 12.6. The predicted octanol–water partition coefficient (Wildman–Crippen LogP) is -1.65. The number of hydrogen-bond donors (Lipinski definition) is 5. The van der Waals surface area contributed by atoms with Crippen molar-refractivity contribution in [2.24, 2.45) is 22.3 Å². The van der Waals surface area contributed by atoms with E-state index in [0.717, 1.165) is 6.42 Å². The van der Waals surface area contributed by atoms with Crippen LogP contribution < -0.4 is 22.7 Å². The van der Waals surface area contributed by atoms with Gasteiger partial charge >= 0.3 is 5.97 Å². The van der Waals surface area contributed by atoms with Crippen LogP contribution in [0.2, 0.25) is 0 Å². The van der Waals surface area contributed by atoms with Gasteiger partial charge in [-0.05, 0) is 25.8 Å². The van der Waals surface area contributed by atoms with Crippen molar-refractivity contribution in [2.75, 3.05) is 6.54 Å². The molecule has 0 aliphatic rings. The summed E-state index contributed by atoms with van der Waals surface area (Å²) in [6.07, 6.45) is 1.89. The van der Waals surface area contributed by atoms with Gasteiger partial charge in [-0.3, -0.25) is 5.43 Å². The summed E-state index contributed by atoms with van der Waals surface area (Å²) >= 11 is 0. The molecule has 0 aromatic heterocycles.